The van der Waals surface area contributed by atoms with E-state index in [1.807, 2.05) is 25.4 Å². The summed E-state index contributed by atoms with van der Waals surface area (Å²) in [7, 11) is 1.84. The van der Waals surface area contributed by atoms with Crippen LogP contribution in [0.5, 0.6) is 5.75 Å². The van der Waals surface area contributed by atoms with E-state index in [1.165, 1.54) is 11.1 Å². The molecule has 84 valence electrons. The highest BCUT2D eigenvalue weighted by Crippen LogP contribution is 2.17. The van der Waals surface area contributed by atoms with Gasteiger partial charge in [0.1, 0.15) is 18.1 Å². The lowest BCUT2D eigenvalue weighted by Gasteiger charge is -2.06. The second-order valence-corrected chi connectivity index (χ2v) is 4.00. The molecule has 0 aliphatic heterocycles. The lowest BCUT2D eigenvalue weighted by atomic mass is 10.1. The van der Waals surface area contributed by atoms with Crippen LogP contribution < -0.4 is 4.74 Å². The minimum absolute atomic E-state index is 0.455. The van der Waals surface area contributed by atoms with E-state index >= 15 is 0 Å². The van der Waals surface area contributed by atoms with Crippen molar-refractivity contribution in [2.45, 2.75) is 20.5 Å². The summed E-state index contributed by atoms with van der Waals surface area (Å²) >= 11 is 0. The number of benzene rings is 1. The fourth-order valence-corrected chi connectivity index (χ4v) is 1.63. The Bertz CT molecular complexity index is 471. The van der Waals surface area contributed by atoms with Crippen molar-refractivity contribution in [3.8, 4) is 5.75 Å². The molecule has 2 rings (SSSR count). The number of ether oxygens (including phenoxy) is 1. The van der Waals surface area contributed by atoms with Crippen LogP contribution in [-0.2, 0) is 13.7 Å². The molecule has 0 N–H and O–H groups in total. The van der Waals surface area contributed by atoms with Gasteiger partial charge in [0.05, 0.1) is 6.20 Å². The van der Waals surface area contributed by atoms with Crippen LogP contribution in [0.3, 0.4) is 0 Å². The highest BCUT2D eigenvalue weighted by Gasteiger charge is 2.01. The predicted octanol–water partition coefficient (Wildman–Crippen LogP) is 2.01. The molecule has 0 spiro atoms. The minimum Gasteiger partial charge on any atom is -0.487 e. The van der Waals surface area contributed by atoms with E-state index in [-0.39, 0.29) is 0 Å². The summed E-state index contributed by atoms with van der Waals surface area (Å²) < 4.78 is 7.32. The van der Waals surface area contributed by atoms with Gasteiger partial charge in [-0.05, 0) is 37.1 Å². The van der Waals surface area contributed by atoms with Crippen LogP contribution in [0.2, 0.25) is 0 Å². The van der Waals surface area contributed by atoms with Crippen molar-refractivity contribution in [3.63, 3.8) is 0 Å². The van der Waals surface area contributed by atoms with Crippen molar-refractivity contribution in [1.82, 2.24) is 15.0 Å². The molecule has 0 saturated carbocycles. The quantitative estimate of drug-likeness (QED) is 0.789. The van der Waals surface area contributed by atoms with Gasteiger partial charge in [-0.1, -0.05) is 11.3 Å². The Morgan fingerprint density at radius 1 is 1.19 bits per heavy atom. The van der Waals surface area contributed by atoms with E-state index in [4.69, 9.17) is 4.74 Å². The van der Waals surface area contributed by atoms with Gasteiger partial charge in [0.25, 0.3) is 0 Å². The molecule has 1 aromatic carbocycles. The van der Waals surface area contributed by atoms with Crippen LogP contribution >= 0.6 is 0 Å². The van der Waals surface area contributed by atoms with Gasteiger partial charge < -0.3 is 4.74 Å². The summed E-state index contributed by atoms with van der Waals surface area (Å²) in [4.78, 5) is 0. The topological polar surface area (TPSA) is 39.9 Å². The molecule has 0 bridgehead atoms. The van der Waals surface area contributed by atoms with Crippen LogP contribution in [0.1, 0.15) is 16.8 Å². The van der Waals surface area contributed by atoms with E-state index in [0.717, 1.165) is 11.4 Å². The lowest BCUT2D eigenvalue weighted by Crippen LogP contribution is -1.96. The SMILES string of the molecule is Cc1cc(C)cc(OCc2cn(C)nn2)c1. The maximum absolute atomic E-state index is 5.65. The standard InChI is InChI=1S/C12H15N3O/c1-9-4-10(2)6-12(5-9)16-8-11-7-15(3)14-13-11/h4-7H,8H2,1-3H3. The second-order valence-electron chi connectivity index (χ2n) is 4.00. The third kappa shape index (κ3) is 2.59. The summed E-state index contributed by atoms with van der Waals surface area (Å²) in [5, 5.41) is 7.81. The van der Waals surface area contributed by atoms with E-state index in [2.05, 4.69) is 30.2 Å². The molecule has 16 heavy (non-hydrogen) atoms. The Hall–Kier alpha value is -1.84. The number of hydrogen-bond acceptors (Lipinski definition) is 3. The molecular weight excluding hydrogens is 202 g/mol. The summed E-state index contributed by atoms with van der Waals surface area (Å²) in [5.74, 6) is 0.878. The predicted molar refractivity (Wildman–Crippen MR) is 61.3 cm³/mol. The van der Waals surface area contributed by atoms with Gasteiger partial charge in [-0.3, -0.25) is 4.68 Å². The number of nitrogens with zero attached hydrogens (tertiary/aromatic N) is 3. The van der Waals surface area contributed by atoms with E-state index in [9.17, 15) is 0 Å². The van der Waals surface area contributed by atoms with Crippen LogP contribution in [0, 0.1) is 13.8 Å². The van der Waals surface area contributed by atoms with Crippen molar-refractivity contribution >= 4 is 0 Å². The summed E-state index contributed by atoms with van der Waals surface area (Å²) in [6, 6.07) is 6.15. The van der Waals surface area contributed by atoms with E-state index in [0.29, 0.717) is 6.61 Å². The average Bonchev–Trinajstić information content (AvgIpc) is 2.60. The Labute approximate surface area is 94.9 Å². The summed E-state index contributed by atoms with van der Waals surface area (Å²) in [6.07, 6.45) is 1.85. The first kappa shape index (κ1) is 10.7. The first-order valence-electron chi connectivity index (χ1n) is 5.20. The molecule has 0 saturated heterocycles. The van der Waals surface area contributed by atoms with Crippen LogP contribution in [0.15, 0.2) is 24.4 Å². The molecule has 1 heterocycles. The fraction of sp³-hybridized carbons (Fsp3) is 0.333. The van der Waals surface area contributed by atoms with Gasteiger partial charge in [0.2, 0.25) is 0 Å². The van der Waals surface area contributed by atoms with Crippen molar-refractivity contribution in [2.75, 3.05) is 0 Å². The molecule has 1 aromatic heterocycles. The van der Waals surface area contributed by atoms with Crippen LogP contribution in [0.4, 0.5) is 0 Å². The highest BCUT2D eigenvalue weighted by atomic mass is 16.5. The number of aromatic nitrogens is 3. The Kier molecular flexibility index (Phi) is 2.90. The first-order chi connectivity index (χ1) is 7.63. The third-order valence-electron chi connectivity index (χ3n) is 2.23. The van der Waals surface area contributed by atoms with E-state index < -0.39 is 0 Å². The molecule has 0 atom stereocenters. The largest absolute Gasteiger partial charge is 0.487 e. The van der Waals surface area contributed by atoms with Crippen LogP contribution in [0.25, 0.3) is 0 Å². The molecule has 0 fully saturated rings. The van der Waals surface area contributed by atoms with Crippen LogP contribution in [-0.4, -0.2) is 15.0 Å². The zero-order valence-electron chi connectivity index (χ0n) is 9.77. The molecule has 2 aromatic rings. The third-order valence-corrected chi connectivity index (χ3v) is 2.23. The normalized spacial score (nSPS) is 10.4. The van der Waals surface area contributed by atoms with Crippen molar-refractivity contribution < 1.29 is 4.74 Å². The molecule has 0 radical (unpaired) electrons. The van der Waals surface area contributed by atoms with Gasteiger partial charge in [0.15, 0.2) is 0 Å². The van der Waals surface area contributed by atoms with E-state index in [1.54, 1.807) is 4.68 Å². The maximum Gasteiger partial charge on any atom is 0.134 e. The molecular formula is C12H15N3O. The van der Waals surface area contributed by atoms with Gasteiger partial charge in [-0.2, -0.15) is 0 Å². The maximum atomic E-state index is 5.65. The van der Waals surface area contributed by atoms with Crippen molar-refractivity contribution in [1.29, 1.82) is 0 Å². The molecule has 4 heteroatoms. The highest BCUT2D eigenvalue weighted by molar-refractivity contribution is 5.33. The Balaban J connectivity index is 2.04. The molecule has 0 aliphatic rings. The second kappa shape index (κ2) is 4.35. The number of rotatable bonds is 3. The number of aryl methyl sites for hydroxylation is 3. The molecule has 0 unspecified atom stereocenters. The van der Waals surface area contributed by atoms with Crippen molar-refractivity contribution in [2.24, 2.45) is 7.05 Å². The summed E-state index contributed by atoms with van der Waals surface area (Å²) in [5.41, 5.74) is 3.24. The zero-order chi connectivity index (χ0) is 11.5. The van der Waals surface area contributed by atoms with Gasteiger partial charge in [-0.15, -0.1) is 5.10 Å². The first-order valence-corrected chi connectivity index (χ1v) is 5.20. The Morgan fingerprint density at radius 3 is 2.44 bits per heavy atom. The lowest BCUT2D eigenvalue weighted by molar-refractivity contribution is 0.301. The molecule has 0 amide bonds. The monoisotopic (exact) mass is 217 g/mol. The van der Waals surface area contributed by atoms with Gasteiger partial charge in [0, 0.05) is 7.05 Å². The summed E-state index contributed by atoms with van der Waals surface area (Å²) in [6.45, 7) is 4.57. The Morgan fingerprint density at radius 2 is 1.88 bits per heavy atom. The van der Waals surface area contributed by atoms with Gasteiger partial charge in [-0.25, -0.2) is 0 Å². The molecule has 0 aliphatic carbocycles. The smallest absolute Gasteiger partial charge is 0.134 e. The molecule has 4 nitrogen and oxygen atoms in total. The zero-order valence-corrected chi connectivity index (χ0v) is 9.77. The van der Waals surface area contributed by atoms with Crippen molar-refractivity contribution in [3.05, 3.63) is 41.2 Å². The number of hydrogen-bond donors (Lipinski definition) is 0. The fourth-order valence-electron chi connectivity index (χ4n) is 1.63. The minimum atomic E-state index is 0.455. The average molecular weight is 217 g/mol. The van der Waals surface area contributed by atoms with Gasteiger partial charge >= 0.3 is 0 Å².